The van der Waals surface area contributed by atoms with E-state index in [1.54, 1.807) is 11.8 Å². The van der Waals surface area contributed by atoms with Crippen LogP contribution in [0.2, 0.25) is 0 Å². The third-order valence-electron chi connectivity index (χ3n) is 2.45. The summed E-state index contributed by atoms with van der Waals surface area (Å²) in [5.74, 6) is 0.0259. The van der Waals surface area contributed by atoms with Crippen molar-refractivity contribution in [2.45, 2.75) is 16.2 Å². The van der Waals surface area contributed by atoms with Crippen molar-refractivity contribution >= 4 is 39.3 Å². The quantitative estimate of drug-likeness (QED) is 0.811. The van der Waals surface area contributed by atoms with E-state index in [9.17, 15) is 4.79 Å². The summed E-state index contributed by atoms with van der Waals surface area (Å²) >= 11 is 4.92. The number of hydrogen-bond acceptors (Lipinski definition) is 2. The van der Waals surface area contributed by atoms with E-state index in [2.05, 4.69) is 33.4 Å². The van der Waals surface area contributed by atoms with Crippen LogP contribution in [0.15, 0.2) is 64.4 Å². The van der Waals surface area contributed by atoms with Crippen LogP contribution in [0.3, 0.4) is 0 Å². The van der Waals surface area contributed by atoms with Crippen LogP contribution >= 0.6 is 27.7 Å². The summed E-state index contributed by atoms with van der Waals surface area (Å²) in [7, 11) is 0. The molecule has 1 N–H and O–H groups in total. The zero-order chi connectivity index (χ0) is 13.5. The molecule has 0 spiro atoms. The van der Waals surface area contributed by atoms with Gasteiger partial charge in [-0.15, -0.1) is 0 Å². The zero-order valence-electron chi connectivity index (χ0n) is 10.3. The van der Waals surface area contributed by atoms with Gasteiger partial charge in [0.2, 0.25) is 5.91 Å². The van der Waals surface area contributed by atoms with E-state index in [1.165, 1.54) is 0 Å². The minimum Gasteiger partial charge on any atom is -0.325 e. The number of alkyl halides is 1. The number of carbonyl (C=O) groups excluding carboxylic acids is 1. The van der Waals surface area contributed by atoms with Crippen LogP contribution in [0.1, 0.15) is 6.42 Å². The third-order valence-corrected chi connectivity index (χ3v) is 3.93. The lowest BCUT2D eigenvalue weighted by atomic mass is 10.3. The first-order valence-electron chi connectivity index (χ1n) is 5.97. The van der Waals surface area contributed by atoms with Gasteiger partial charge in [-0.05, 0) is 24.3 Å². The summed E-state index contributed by atoms with van der Waals surface area (Å²) in [5.41, 5.74) is 0.863. The van der Waals surface area contributed by atoms with Gasteiger partial charge in [0, 0.05) is 21.5 Å². The molecule has 1 amide bonds. The SMILES string of the molecule is O=C(CCBr)Nc1ccccc1Sc1ccccc1. The molecular formula is C15H14BrNOS. The maximum absolute atomic E-state index is 11.7. The molecule has 0 saturated carbocycles. The standard InChI is InChI=1S/C15H14BrNOS/c16-11-10-15(18)17-13-8-4-5-9-14(13)19-12-6-2-1-3-7-12/h1-9H,10-11H2,(H,17,18). The second kappa shape index (κ2) is 7.36. The molecule has 0 atom stereocenters. The number of amides is 1. The summed E-state index contributed by atoms with van der Waals surface area (Å²) in [5, 5.41) is 3.62. The fourth-order valence-electron chi connectivity index (χ4n) is 1.57. The molecule has 0 fully saturated rings. The molecule has 19 heavy (non-hydrogen) atoms. The maximum atomic E-state index is 11.7. The van der Waals surface area contributed by atoms with E-state index >= 15 is 0 Å². The van der Waals surface area contributed by atoms with Crippen molar-refractivity contribution in [3.8, 4) is 0 Å². The van der Waals surface area contributed by atoms with Gasteiger partial charge in [0.15, 0.2) is 0 Å². The van der Waals surface area contributed by atoms with Crippen molar-refractivity contribution in [1.29, 1.82) is 0 Å². The van der Waals surface area contributed by atoms with Crippen molar-refractivity contribution in [3.05, 3.63) is 54.6 Å². The Hall–Kier alpha value is -1.26. The van der Waals surface area contributed by atoms with Crippen molar-refractivity contribution in [2.75, 3.05) is 10.6 Å². The van der Waals surface area contributed by atoms with E-state index < -0.39 is 0 Å². The Morgan fingerprint density at radius 1 is 1.05 bits per heavy atom. The van der Waals surface area contributed by atoms with Gasteiger partial charge in [0.1, 0.15) is 0 Å². The number of nitrogens with one attached hydrogen (secondary N) is 1. The highest BCUT2D eigenvalue weighted by Gasteiger charge is 2.07. The lowest BCUT2D eigenvalue weighted by molar-refractivity contribution is -0.115. The van der Waals surface area contributed by atoms with Gasteiger partial charge >= 0.3 is 0 Å². The van der Waals surface area contributed by atoms with Crippen LogP contribution in [0.5, 0.6) is 0 Å². The molecule has 0 bridgehead atoms. The van der Waals surface area contributed by atoms with E-state index in [-0.39, 0.29) is 5.91 Å². The predicted octanol–water partition coefficient (Wildman–Crippen LogP) is 4.56. The molecule has 2 aromatic carbocycles. The number of anilines is 1. The largest absolute Gasteiger partial charge is 0.325 e. The molecule has 0 unspecified atom stereocenters. The Morgan fingerprint density at radius 2 is 1.74 bits per heavy atom. The normalized spacial score (nSPS) is 10.2. The molecule has 98 valence electrons. The summed E-state index contributed by atoms with van der Waals surface area (Å²) < 4.78 is 0. The van der Waals surface area contributed by atoms with Crippen molar-refractivity contribution in [1.82, 2.24) is 0 Å². The Bertz CT molecular complexity index is 545. The molecular weight excluding hydrogens is 322 g/mol. The first-order valence-corrected chi connectivity index (χ1v) is 7.91. The molecule has 0 aromatic heterocycles. The van der Waals surface area contributed by atoms with Crippen molar-refractivity contribution < 1.29 is 4.79 Å². The minimum atomic E-state index is 0.0259. The van der Waals surface area contributed by atoms with Crippen LogP contribution in [-0.2, 0) is 4.79 Å². The summed E-state index contributed by atoms with van der Waals surface area (Å²) in [6.45, 7) is 0. The highest BCUT2D eigenvalue weighted by atomic mass is 79.9. The molecule has 0 aliphatic carbocycles. The third kappa shape index (κ3) is 4.40. The summed E-state index contributed by atoms with van der Waals surface area (Å²) in [4.78, 5) is 13.9. The van der Waals surface area contributed by atoms with Gasteiger partial charge in [-0.2, -0.15) is 0 Å². The van der Waals surface area contributed by atoms with E-state index in [4.69, 9.17) is 0 Å². The van der Waals surface area contributed by atoms with Gasteiger partial charge in [0.25, 0.3) is 0 Å². The highest BCUT2D eigenvalue weighted by Crippen LogP contribution is 2.33. The van der Waals surface area contributed by atoms with Crippen LogP contribution in [-0.4, -0.2) is 11.2 Å². The molecule has 2 aromatic rings. The number of para-hydroxylation sites is 1. The van der Waals surface area contributed by atoms with Gasteiger partial charge in [0.05, 0.1) is 5.69 Å². The monoisotopic (exact) mass is 335 g/mol. The Balaban J connectivity index is 2.14. The molecule has 0 aliphatic heterocycles. The van der Waals surface area contributed by atoms with Gasteiger partial charge in [-0.25, -0.2) is 0 Å². The van der Waals surface area contributed by atoms with Gasteiger partial charge in [-0.1, -0.05) is 58.0 Å². The van der Waals surface area contributed by atoms with Gasteiger partial charge < -0.3 is 5.32 Å². The average molecular weight is 336 g/mol. The number of rotatable bonds is 5. The van der Waals surface area contributed by atoms with Crippen LogP contribution < -0.4 is 5.32 Å². The molecule has 0 saturated heterocycles. The van der Waals surface area contributed by atoms with Crippen LogP contribution in [0.4, 0.5) is 5.69 Å². The summed E-state index contributed by atoms with van der Waals surface area (Å²) in [6.07, 6.45) is 0.477. The van der Waals surface area contributed by atoms with E-state index in [0.29, 0.717) is 11.8 Å². The topological polar surface area (TPSA) is 29.1 Å². The minimum absolute atomic E-state index is 0.0259. The molecule has 2 rings (SSSR count). The van der Waals surface area contributed by atoms with Crippen LogP contribution in [0.25, 0.3) is 0 Å². The molecule has 0 heterocycles. The van der Waals surface area contributed by atoms with Crippen molar-refractivity contribution in [2.24, 2.45) is 0 Å². The number of carbonyl (C=O) groups is 1. The molecule has 0 aliphatic rings. The second-order valence-electron chi connectivity index (χ2n) is 3.90. The first-order chi connectivity index (χ1) is 9.29. The average Bonchev–Trinajstić information content (AvgIpc) is 2.42. The fraction of sp³-hybridized carbons (Fsp3) is 0.133. The summed E-state index contributed by atoms with van der Waals surface area (Å²) in [6, 6.07) is 18.0. The number of halogens is 1. The predicted molar refractivity (Wildman–Crippen MR) is 84.0 cm³/mol. The Kier molecular flexibility index (Phi) is 5.48. The fourth-order valence-corrected chi connectivity index (χ4v) is 2.86. The number of hydrogen-bond donors (Lipinski definition) is 1. The molecule has 4 heteroatoms. The van der Waals surface area contributed by atoms with E-state index in [1.807, 2.05) is 42.5 Å². The zero-order valence-corrected chi connectivity index (χ0v) is 12.7. The first kappa shape index (κ1) is 14.2. The lowest BCUT2D eigenvalue weighted by Crippen LogP contribution is -2.12. The molecule has 2 nitrogen and oxygen atoms in total. The Labute approximate surface area is 125 Å². The van der Waals surface area contributed by atoms with E-state index in [0.717, 1.165) is 15.5 Å². The van der Waals surface area contributed by atoms with Crippen LogP contribution in [0, 0.1) is 0 Å². The highest BCUT2D eigenvalue weighted by molar-refractivity contribution is 9.09. The van der Waals surface area contributed by atoms with Gasteiger partial charge in [-0.3, -0.25) is 4.79 Å². The molecule has 0 radical (unpaired) electrons. The van der Waals surface area contributed by atoms with Crippen molar-refractivity contribution in [3.63, 3.8) is 0 Å². The number of benzene rings is 2. The lowest BCUT2D eigenvalue weighted by Gasteiger charge is -2.10. The maximum Gasteiger partial charge on any atom is 0.225 e. The smallest absolute Gasteiger partial charge is 0.225 e. The second-order valence-corrected chi connectivity index (χ2v) is 5.81. The Morgan fingerprint density at radius 3 is 2.47 bits per heavy atom.